The highest BCUT2D eigenvalue weighted by Crippen LogP contribution is 2.49. The zero-order chi connectivity index (χ0) is 24.5. The minimum atomic E-state index is -4.77. The van der Waals surface area contributed by atoms with Crippen LogP contribution in [-0.2, 0) is 5.41 Å². The molecule has 2 aliphatic rings. The number of alkyl halides is 3. The van der Waals surface area contributed by atoms with Crippen molar-refractivity contribution in [2.75, 3.05) is 35.2 Å². The van der Waals surface area contributed by atoms with Gasteiger partial charge < -0.3 is 25.6 Å². The molecule has 182 valence electrons. The van der Waals surface area contributed by atoms with Gasteiger partial charge in [0, 0.05) is 23.8 Å². The van der Waals surface area contributed by atoms with Crippen molar-refractivity contribution in [2.45, 2.75) is 24.6 Å². The van der Waals surface area contributed by atoms with Crippen molar-refractivity contribution in [2.24, 2.45) is 0 Å². The van der Waals surface area contributed by atoms with Gasteiger partial charge in [-0.2, -0.15) is 0 Å². The number of amides is 2. The van der Waals surface area contributed by atoms with Crippen LogP contribution in [0.25, 0.3) is 0 Å². The second kappa shape index (κ2) is 9.10. The van der Waals surface area contributed by atoms with Gasteiger partial charge in [0.15, 0.2) is 0 Å². The van der Waals surface area contributed by atoms with Gasteiger partial charge in [-0.25, -0.2) is 4.79 Å². The van der Waals surface area contributed by atoms with Crippen LogP contribution in [0.15, 0.2) is 67.0 Å². The molecule has 0 aliphatic carbocycles. The number of rotatable bonds is 4. The lowest BCUT2D eigenvalue weighted by Gasteiger charge is -2.35. The van der Waals surface area contributed by atoms with Gasteiger partial charge in [-0.05, 0) is 74.0 Å². The predicted molar refractivity (Wildman–Crippen MR) is 127 cm³/mol. The molecule has 2 aromatic carbocycles. The van der Waals surface area contributed by atoms with E-state index in [4.69, 9.17) is 0 Å². The number of hydrogen-bond acceptors (Lipinski definition) is 5. The summed E-state index contributed by atoms with van der Waals surface area (Å²) in [6.45, 7) is 2.69. The Morgan fingerprint density at radius 3 is 2.49 bits per heavy atom. The third-order valence-electron chi connectivity index (χ3n) is 6.47. The molecule has 0 bridgehead atoms. The van der Waals surface area contributed by atoms with Crippen LogP contribution in [0.2, 0.25) is 0 Å². The number of carbonyl (C=O) groups is 1. The number of pyridine rings is 1. The Hall–Kier alpha value is -3.79. The number of carbonyl (C=O) groups excluding carboxylic acids is 1. The molecule has 1 spiro atoms. The summed E-state index contributed by atoms with van der Waals surface area (Å²) < 4.78 is 40.9. The molecule has 0 saturated carbocycles. The molecule has 1 fully saturated rings. The van der Waals surface area contributed by atoms with Crippen LogP contribution in [0.5, 0.6) is 5.75 Å². The molecule has 1 saturated heterocycles. The molecule has 2 amide bonds. The van der Waals surface area contributed by atoms with Crippen LogP contribution in [-0.4, -0.2) is 37.0 Å². The molecular weight excluding hydrogens is 459 g/mol. The first-order chi connectivity index (χ1) is 16.8. The fraction of sp³-hybridized carbons (Fsp3) is 0.280. The third kappa shape index (κ3) is 4.88. The summed E-state index contributed by atoms with van der Waals surface area (Å²) in [7, 11) is 0. The van der Waals surface area contributed by atoms with E-state index in [1.54, 1.807) is 0 Å². The van der Waals surface area contributed by atoms with Gasteiger partial charge in [-0.15, -0.1) is 13.2 Å². The Morgan fingerprint density at radius 1 is 1.00 bits per heavy atom. The Labute approximate surface area is 200 Å². The first kappa shape index (κ1) is 23.0. The van der Waals surface area contributed by atoms with Crippen LogP contribution in [0, 0.1) is 0 Å². The fourth-order valence-corrected chi connectivity index (χ4v) is 4.91. The van der Waals surface area contributed by atoms with Crippen LogP contribution in [0.3, 0.4) is 0 Å². The van der Waals surface area contributed by atoms with Crippen LogP contribution in [0.1, 0.15) is 18.4 Å². The normalized spacial score (nSPS) is 16.6. The third-order valence-corrected chi connectivity index (χ3v) is 6.47. The van der Waals surface area contributed by atoms with Crippen molar-refractivity contribution < 1.29 is 22.7 Å². The molecule has 2 aliphatic heterocycles. The summed E-state index contributed by atoms with van der Waals surface area (Å²) in [4.78, 5) is 19.3. The second-order valence-electron chi connectivity index (χ2n) is 8.68. The minimum absolute atomic E-state index is 0.0269. The van der Waals surface area contributed by atoms with Crippen LogP contribution in [0.4, 0.5) is 40.7 Å². The zero-order valence-corrected chi connectivity index (χ0v) is 18.7. The topological polar surface area (TPSA) is 78.5 Å². The molecule has 5 rings (SSSR count). The van der Waals surface area contributed by atoms with Crippen LogP contribution < -0.4 is 25.6 Å². The van der Waals surface area contributed by atoms with Gasteiger partial charge in [-0.3, -0.25) is 4.98 Å². The van der Waals surface area contributed by atoms with E-state index in [2.05, 4.69) is 36.6 Å². The van der Waals surface area contributed by atoms with Crippen LogP contribution >= 0.6 is 0 Å². The maximum absolute atomic E-state index is 12.7. The number of para-hydroxylation sites is 2. The number of aromatic nitrogens is 1. The number of benzene rings is 2. The maximum atomic E-state index is 12.7. The molecule has 1 aromatic heterocycles. The number of piperidine rings is 1. The van der Waals surface area contributed by atoms with Crippen molar-refractivity contribution in [1.29, 1.82) is 0 Å². The Bertz CT molecular complexity index is 1210. The number of urea groups is 1. The highest BCUT2D eigenvalue weighted by atomic mass is 19.4. The van der Waals surface area contributed by atoms with Gasteiger partial charge in [0.2, 0.25) is 0 Å². The summed E-state index contributed by atoms with van der Waals surface area (Å²) in [6, 6.07) is 14.1. The smallest absolute Gasteiger partial charge is 0.406 e. The SMILES string of the molecule is O=C(Nc1ccc(OC(F)(F)F)cc1)Nc1ccccc1N1CC2(CCNCC2)c2ccncc21. The number of nitrogens with zero attached hydrogens (tertiary/aromatic N) is 2. The maximum Gasteiger partial charge on any atom is 0.573 e. The van der Waals surface area contributed by atoms with Gasteiger partial charge in [-0.1, -0.05) is 12.1 Å². The van der Waals surface area contributed by atoms with Crippen molar-refractivity contribution in [1.82, 2.24) is 10.3 Å². The van der Waals surface area contributed by atoms with Crippen molar-refractivity contribution in [3.63, 3.8) is 0 Å². The lowest BCUT2D eigenvalue weighted by molar-refractivity contribution is -0.274. The molecular formula is C25H24F3N5O2. The van der Waals surface area contributed by atoms with E-state index in [1.165, 1.54) is 17.7 Å². The number of fused-ring (bicyclic) bond motifs is 2. The molecule has 3 aromatic rings. The Balaban J connectivity index is 1.34. The molecule has 0 atom stereocenters. The molecule has 35 heavy (non-hydrogen) atoms. The number of ether oxygens (including phenoxy) is 1. The zero-order valence-electron chi connectivity index (χ0n) is 18.7. The summed E-state index contributed by atoms with van der Waals surface area (Å²) in [5.74, 6) is -0.359. The van der Waals surface area contributed by atoms with Crippen molar-refractivity contribution >= 4 is 28.8 Å². The lowest BCUT2D eigenvalue weighted by atomic mass is 9.75. The first-order valence-electron chi connectivity index (χ1n) is 11.3. The molecule has 10 heteroatoms. The van der Waals surface area contributed by atoms with E-state index in [0.29, 0.717) is 11.4 Å². The average molecular weight is 483 g/mol. The Morgan fingerprint density at radius 2 is 1.74 bits per heavy atom. The standard InChI is InChI=1S/C25H24F3N5O2/c26-25(27,28)35-18-7-5-17(6-8-18)31-23(34)32-20-3-1-2-4-21(20)33-16-24(10-13-29-14-11-24)19-9-12-30-15-22(19)33/h1-9,12,15,29H,10-11,13-14,16H2,(H2,31,32,34). The van der Waals surface area contributed by atoms with Gasteiger partial charge in [0.1, 0.15) is 5.75 Å². The minimum Gasteiger partial charge on any atom is -0.406 e. The summed E-state index contributed by atoms with van der Waals surface area (Å²) in [5, 5.41) is 8.96. The highest BCUT2D eigenvalue weighted by Gasteiger charge is 2.44. The molecule has 3 heterocycles. The van der Waals surface area contributed by atoms with E-state index in [0.717, 1.165) is 56.0 Å². The summed E-state index contributed by atoms with van der Waals surface area (Å²) in [5.41, 5.74) is 4.13. The molecule has 3 N–H and O–H groups in total. The van der Waals surface area contributed by atoms with E-state index in [1.807, 2.05) is 36.7 Å². The monoisotopic (exact) mass is 483 g/mol. The van der Waals surface area contributed by atoms with Crippen molar-refractivity contribution in [3.05, 3.63) is 72.6 Å². The molecule has 7 nitrogen and oxygen atoms in total. The predicted octanol–water partition coefficient (Wildman–Crippen LogP) is 5.40. The van der Waals surface area contributed by atoms with Crippen molar-refractivity contribution in [3.8, 4) is 5.75 Å². The van der Waals surface area contributed by atoms with E-state index >= 15 is 0 Å². The van der Waals surface area contributed by atoms with Gasteiger partial charge in [0.25, 0.3) is 0 Å². The lowest BCUT2D eigenvalue weighted by Crippen LogP contribution is -2.42. The largest absolute Gasteiger partial charge is 0.573 e. The van der Waals surface area contributed by atoms with Gasteiger partial charge in [0.05, 0.1) is 23.3 Å². The number of nitrogens with one attached hydrogen (secondary N) is 3. The van der Waals surface area contributed by atoms with E-state index in [-0.39, 0.29) is 11.2 Å². The van der Waals surface area contributed by atoms with E-state index in [9.17, 15) is 18.0 Å². The number of anilines is 4. The number of hydrogen-bond donors (Lipinski definition) is 3. The molecule has 0 radical (unpaired) electrons. The number of halogens is 3. The molecule has 0 unspecified atom stereocenters. The first-order valence-corrected chi connectivity index (χ1v) is 11.3. The fourth-order valence-electron chi connectivity index (χ4n) is 4.91. The van der Waals surface area contributed by atoms with Gasteiger partial charge >= 0.3 is 12.4 Å². The quantitative estimate of drug-likeness (QED) is 0.463. The highest BCUT2D eigenvalue weighted by molar-refractivity contribution is 6.02. The Kier molecular flexibility index (Phi) is 5.98. The summed E-state index contributed by atoms with van der Waals surface area (Å²) >= 11 is 0. The van der Waals surface area contributed by atoms with E-state index < -0.39 is 12.4 Å². The average Bonchev–Trinajstić information content (AvgIpc) is 3.14. The summed E-state index contributed by atoms with van der Waals surface area (Å²) in [6.07, 6.45) is 0.962. The second-order valence-corrected chi connectivity index (χ2v) is 8.68.